The molecule has 0 heterocycles. The highest BCUT2D eigenvalue weighted by molar-refractivity contribution is 5.16. The van der Waals surface area contributed by atoms with Crippen LogP contribution in [0.4, 0.5) is 0 Å². The predicted octanol–water partition coefficient (Wildman–Crippen LogP) is 3.81. The van der Waals surface area contributed by atoms with E-state index in [2.05, 4.69) is 37.3 Å². The molecule has 0 unspecified atom stereocenters. The lowest BCUT2D eigenvalue weighted by atomic mass is 9.82. The Bertz CT molecular complexity index is 255. The first-order valence-electron chi connectivity index (χ1n) is 5.32. The van der Waals surface area contributed by atoms with Crippen LogP contribution in [0.5, 0.6) is 0 Å². The zero-order valence-corrected chi connectivity index (χ0v) is 8.42. The van der Waals surface area contributed by atoms with Crippen LogP contribution >= 0.6 is 0 Å². The lowest BCUT2D eigenvalue weighted by molar-refractivity contribution is 0.334. The van der Waals surface area contributed by atoms with E-state index in [1.807, 2.05) is 0 Å². The summed E-state index contributed by atoms with van der Waals surface area (Å²) in [6.07, 6.45) is 6.98. The van der Waals surface area contributed by atoms with Gasteiger partial charge in [0.1, 0.15) is 0 Å². The maximum atomic E-state index is 2.44. The van der Waals surface area contributed by atoms with Crippen molar-refractivity contribution in [2.75, 3.05) is 0 Å². The Morgan fingerprint density at radius 2 is 1.69 bits per heavy atom. The molecular formula is C13H18. The van der Waals surface area contributed by atoms with Gasteiger partial charge in [0.2, 0.25) is 0 Å². The molecule has 1 aromatic carbocycles. The highest BCUT2D eigenvalue weighted by Gasteiger charge is 2.28. The molecule has 1 saturated carbocycles. The lowest BCUT2D eigenvalue weighted by Gasteiger charge is -2.23. The smallest absolute Gasteiger partial charge is 0.0225 e. The summed E-state index contributed by atoms with van der Waals surface area (Å²) in [5.74, 6) is 0. The van der Waals surface area contributed by atoms with Crippen molar-refractivity contribution in [2.24, 2.45) is 5.41 Å². The molecule has 0 spiro atoms. The maximum Gasteiger partial charge on any atom is -0.0225 e. The summed E-state index contributed by atoms with van der Waals surface area (Å²) in [5.41, 5.74) is 2.10. The van der Waals surface area contributed by atoms with Crippen LogP contribution < -0.4 is 0 Å². The van der Waals surface area contributed by atoms with E-state index in [1.54, 1.807) is 0 Å². The minimum Gasteiger partial charge on any atom is -0.0622 e. The molecule has 1 aromatic rings. The third-order valence-electron chi connectivity index (χ3n) is 3.28. The van der Waals surface area contributed by atoms with Crippen LogP contribution in [0, 0.1) is 5.41 Å². The van der Waals surface area contributed by atoms with Crippen molar-refractivity contribution >= 4 is 0 Å². The second-order valence-corrected chi connectivity index (χ2v) is 4.68. The summed E-state index contributed by atoms with van der Waals surface area (Å²) in [7, 11) is 0. The van der Waals surface area contributed by atoms with Gasteiger partial charge in [0.15, 0.2) is 0 Å². The van der Waals surface area contributed by atoms with Crippen LogP contribution in [0.2, 0.25) is 0 Å². The molecule has 1 fully saturated rings. The molecule has 0 nitrogen and oxygen atoms in total. The zero-order chi connectivity index (χ0) is 9.15. The van der Waals surface area contributed by atoms with E-state index < -0.39 is 0 Å². The average Bonchev–Trinajstić information content (AvgIpc) is 2.54. The molecule has 0 aliphatic heterocycles. The first kappa shape index (κ1) is 8.80. The van der Waals surface area contributed by atoms with Crippen molar-refractivity contribution in [3.05, 3.63) is 35.9 Å². The van der Waals surface area contributed by atoms with Crippen molar-refractivity contribution in [3.63, 3.8) is 0 Å². The summed E-state index contributed by atoms with van der Waals surface area (Å²) in [6, 6.07) is 10.9. The molecule has 0 heteroatoms. The third-order valence-corrected chi connectivity index (χ3v) is 3.28. The van der Waals surface area contributed by atoms with Crippen LogP contribution in [0.3, 0.4) is 0 Å². The summed E-state index contributed by atoms with van der Waals surface area (Å²) in [6.45, 7) is 2.44. The minimum atomic E-state index is 0.599. The van der Waals surface area contributed by atoms with Gasteiger partial charge < -0.3 is 0 Å². The Morgan fingerprint density at radius 3 is 2.31 bits per heavy atom. The van der Waals surface area contributed by atoms with Gasteiger partial charge in [0.05, 0.1) is 0 Å². The second kappa shape index (κ2) is 3.53. The van der Waals surface area contributed by atoms with Crippen LogP contribution in [0.15, 0.2) is 30.3 Å². The van der Waals surface area contributed by atoms with Crippen molar-refractivity contribution in [3.8, 4) is 0 Å². The molecular weight excluding hydrogens is 156 g/mol. The summed E-state index contributed by atoms with van der Waals surface area (Å²) < 4.78 is 0. The highest BCUT2D eigenvalue weighted by atomic mass is 14.3. The van der Waals surface area contributed by atoms with Crippen LogP contribution in [0.1, 0.15) is 38.2 Å². The molecule has 0 radical (unpaired) electrons. The molecule has 0 aromatic heterocycles. The number of benzene rings is 1. The van der Waals surface area contributed by atoms with Gasteiger partial charge in [-0.1, -0.05) is 50.1 Å². The largest absolute Gasteiger partial charge is 0.0622 e. The average molecular weight is 174 g/mol. The lowest BCUT2D eigenvalue weighted by Crippen LogP contribution is -2.14. The molecule has 0 atom stereocenters. The van der Waals surface area contributed by atoms with Crippen LogP contribution in [-0.4, -0.2) is 0 Å². The van der Waals surface area contributed by atoms with Gasteiger partial charge in [0, 0.05) is 0 Å². The molecule has 0 amide bonds. The molecule has 1 aliphatic rings. The zero-order valence-electron chi connectivity index (χ0n) is 8.42. The van der Waals surface area contributed by atoms with Gasteiger partial charge in [0.25, 0.3) is 0 Å². The van der Waals surface area contributed by atoms with Gasteiger partial charge in [-0.05, 0) is 30.2 Å². The Morgan fingerprint density at radius 1 is 1.08 bits per heavy atom. The number of rotatable bonds is 2. The molecule has 0 saturated heterocycles. The molecule has 2 rings (SSSR count). The van der Waals surface area contributed by atoms with E-state index in [1.165, 1.54) is 37.7 Å². The summed E-state index contributed by atoms with van der Waals surface area (Å²) in [4.78, 5) is 0. The molecule has 0 N–H and O–H groups in total. The highest BCUT2D eigenvalue weighted by Crippen LogP contribution is 2.40. The first-order chi connectivity index (χ1) is 6.29. The van der Waals surface area contributed by atoms with Crippen molar-refractivity contribution in [2.45, 2.75) is 39.0 Å². The summed E-state index contributed by atoms with van der Waals surface area (Å²) >= 11 is 0. The second-order valence-electron chi connectivity index (χ2n) is 4.68. The van der Waals surface area contributed by atoms with Gasteiger partial charge in [-0.2, -0.15) is 0 Å². The standard InChI is InChI=1S/C13H18/c1-13(9-5-6-10-13)11-12-7-3-2-4-8-12/h2-4,7-8H,5-6,9-11H2,1H3. The summed E-state index contributed by atoms with van der Waals surface area (Å²) in [5, 5.41) is 0. The topological polar surface area (TPSA) is 0 Å². The predicted molar refractivity (Wildman–Crippen MR) is 56.7 cm³/mol. The maximum absolute atomic E-state index is 2.44. The quantitative estimate of drug-likeness (QED) is 0.639. The Hall–Kier alpha value is -0.780. The van der Waals surface area contributed by atoms with Crippen LogP contribution in [0.25, 0.3) is 0 Å². The molecule has 70 valence electrons. The van der Waals surface area contributed by atoms with E-state index in [0.717, 1.165) is 0 Å². The van der Waals surface area contributed by atoms with E-state index >= 15 is 0 Å². The molecule has 13 heavy (non-hydrogen) atoms. The van der Waals surface area contributed by atoms with Crippen LogP contribution in [-0.2, 0) is 6.42 Å². The van der Waals surface area contributed by atoms with Gasteiger partial charge in [-0.15, -0.1) is 0 Å². The molecule has 0 bridgehead atoms. The normalized spacial score (nSPS) is 20.4. The third kappa shape index (κ3) is 2.12. The Kier molecular flexibility index (Phi) is 2.39. The van der Waals surface area contributed by atoms with E-state index in [-0.39, 0.29) is 0 Å². The number of hydrogen-bond donors (Lipinski definition) is 0. The fourth-order valence-corrected chi connectivity index (χ4v) is 2.49. The fraction of sp³-hybridized carbons (Fsp3) is 0.538. The molecule has 1 aliphatic carbocycles. The van der Waals surface area contributed by atoms with Crippen molar-refractivity contribution < 1.29 is 0 Å². The van der Waals surface area contributed by atoms with E-state index in [9.17, 15) is 0 Å². The SMILES string of the molecule is CC1(Cc2ccccc2)CCCC1. The first-order valence-corrected chi connectivity index (χ1v) is 5.32. The monoisotopic (exact) mass is 174 g/mol. The fourth-order valence-electron chi connectivity index (χ4n) is 2.49. The van der Waals surface area contributed by atoms with Gasteiger partial charge in [-0.25, -0.2) is 0 Å². The number of hydrogen-bond acceptors (Lipinski definition) is 0. The minimum absolute atomic E-state index is 0.599. The Balaban J connectivity index is 2.05. The Labute approximate surface area is 81.0 Å². The van der Waals surface area contributed by atoms with E-state index in [0.29, 0.717) is 5.41 Å². The van der Waals surface area contributed by atoms with E-state index in [4.69, 9.17) is 0 Å². The van der Waals surface area contributed by atoms with Crippen molar-refractivity contribution in [1.29, 1.82) is 0 Å². The van der Waals surface area contributed by atoms with Crippen molar-refractivity contribution in [1.82, 2.24) is 0 Å². The van der Waals surface area contributed by atoms with Gasteiger partial charge >= 0.3 is 0 Å². The van der Waals surface area contributed by atoms with Gasteiger partial charge in [-0.3, -0.25) is 0 Å².